The van der Waals surface area contributed by atoms with Crippen molar-refractivity contribution in [2.75, 3.05) is 26.2 Å². The Hall–Kier alpha value is -7.04. The number of fused-ring (bicyclic) bond motifs is 4. The molecule has 4 aliphatic rings. The summed E-state index contributed by atoms with van der Waals surface area (Å²) in [5, 5.41) is 6.95. The number of aromatic nitrogens is 8. The molecule has 129 heavy (non-hydrogen) atoms. The van der Waals surface area contributed by atoms with Crippen molar-refractivity contribution >= 4 is 247 Å². The zero-order valence-corrected chi connectivity index (χ0v) is 88.4. The summed E-state index contributed by atoms with van der Waals surface area (Å²) >= 11 is 59.9. The number of aryl methyl sites for hydroxylation is 4. The smallest absolute Gasteiger partial charge is 0.410 e. The topological polar surface area (TPSA) is 251 Å². The van der Waals surface area contributed by atoms with Crippen LogP contribution in [0, 0.1) is 40.8 Å². The quantitative estimate of drug-likeness (QED) is 0.0733. The van der Waals surface area contributed by atoms with E-state index in [9.17, 15) is 33.6 Å². The summed E-state index contributed by atoms with van der Waals surface area (Å²) in [6, 6.07) is 44.5. The molecular weight excluding hydrogens is 2080 g/mol. The van der Waals surface area contributed by atoms with E-state index in [1.54, 1.807) is 66.8 Å². The number of hydrogen-bond acceptors (Lipinski definition) is 23. The molecule has 6 aromatic carbocycles. The highest BCUT2D eigenvalue weighted by atomic mass is 79.9. The van der Waals surface area contributed by atoms with Crippen LogP contribution in [0.5, 0.6) is 0 Å². The number of hydrogen-bond donors (Lipinski definition) is 2. The first-order valence-corrected chi connectivity index (χ1v) is 54.6. The van der Waals surface area contributed by atoms with E-state index in [4.69, 9.17) is 74.0 Å². The predicted molar refractivity (Wildman–Crippen MR) is 560 cm³/mol. The molecule has 14 rings (SSSR count). The number of nitrogens with zero attached hydrogens (tertiary/aromatic N) is 12. The Morgan fingerprint density at radius 1 is 0.496 bits per heavy atom. The molecule has 0 unspecified atom stereocenters. The average molecular weight is 2170 g/mol. The largest absolute Gasteiger partial charge is 0.444 e. The lowest BCUT2D eigenvalue weighted by Crippen LogP contribution is -2.43. The number of carbonyl (C=O) groups is 3. The molecule has 4 aliphatic heterocycles. The number of aldehydes is 1. The summed E-state index contributed by atoms with van der Waals surface area (Å²) in [5.74, 6) is 2.78. The molecule has 0 saturated heterocycles. The van der Waals surface area contributed by atoms with Gasteiger partial charge < -0.3 is 29.6 Å². The molecule has 8 heterocycles. The van der Waals surface area contributed by atoms with Crippen molar-refractivity contribution in [3.05, 3.63) is 332 Å². The fraction of sp³-hybridized carbons (Fsp3) is 0.337. The van der Waals surface area contributed by atoms with Gasteiger partial charge in [0.05, 0.1) is 90.9 Å². The van der Waals surface area contributed by atoms with E-state index in [1.165, 1.54) is 50.0 Å². The number of alkyl halides is 1. The number of carbonyl (C=O) groups excluding carboxylic acids is 3. The second kappa shape index (κ2) is 59.6. The predicted octanol–water partition coefficient (Wildman–Crippen LogP) is 16.9. The zero-order valence-electron chi connectivity index (χ0n) is 71.5. The highest BCUT2D eigenvalue weighted by Gasteiger charge is 2.31. The maximum absolute atomic E-state index is 13.2. The SMILES string of the molecule is Cc1nc2c(c(=O)[nH]1)CN(C(=O)OC(C)(C)C)CC2.Cc1nc2c(c(=O)n1Cc1ccc(Cl)cc1)CN(C(=O)OC(C)(C)C)CC2.Cc1nc2c(c(=O)n1Cc1ccc(Cl)cc1)CNCC2.Cl.Clc1ccc(CBr)cc1.S=S.S=S=S.S=S=S=S.S=S=S=S=S.[C-]#[N+]c1cccc(C=O)c1.[C-]#[N+]c1cccc(CN2CCc3nc(C)n(Cc4ccc(Cl)cc4)c(=O)c3C2)c1. The van der Waals surface area contributed by atoms with Crippen LogP contribution in [0.3, 0.4) is 0 Å². The van der Waals surface area contributed by atoms with Gasteiger partial charge in [0.25, 0.3) is 22.2 Å². The highest BCUT2D eigenvalue weighted by molar-refractivity contribution is 9.08. The maximum atomic E-state index is 13.2. The third-order valence-electron chi connectivity index (χ3n) is 18.5. The van der Waals surface area contributed by atoms with E-state index < -0.39 is 23.4 Å². The van der Waals surface area contributed by atoms with Crippen molar-refractivity contribution in [2.45, 2.75) is 164 Å². The maximum Gasteiger partial charge on any atom is 0.410 e. The molecule has 0 saturated carbocycles. The summed E-state index contributed by atoms with van der Waals surface area (Å²) < 4.78 is 15.9. The molecule has 10 aromatic rings. The third kappa shape index (κ3) is 39.6. The molecule has 4 aromatic heterocycles. The number of benzene rings is 6. The van der Waals surface area contributed by atoms with Gasteiger partial charge in [-0.2, -0.15) is 0 Å². The molecule has 2 amide bonds. The average Bonchev–Trinajstić information content (AvgIpc) is 0.914. The van der Waals surface area contributed by atoms with Gasteiger partial charge in [-0.05, 0) is 152 Å². The van der Waals surface area contributed by atoms with Crippen molar-refractivity contribution in [3.8, 4) is 0 Å². The van der Waals surface area contributed by atoms with E-state index in [1.807, 2.05) is 172 Å². The number of rotatable bonds is 10. The molecular formula is C86H92BrCl5N14O9S14. The van der Waals surface area contributed by atoms with Crippen molar-refractivity contribution in [2.24, 2.45) is 0 Å². The van der Waals surface area contributed by atoms with Crippen molar-refractivity contribution in [3.63, 3.8) is 0 Å². The minimum absolute atomic E-state index is 0. The number of ether oxygens (including phenoxy) is 2. The Kier molecular flexibility index (Phi) is 52.8. The number of amides is 2. The Bertz CT molecular complexity index is 6090. The number of H-pyrrole nitrogens is 1. The van der Waals surface area contributed by atoms with Crippen molar-refractivity contribution in [1.82, 2.24) is 58.6 Å². The molecule has 0 bridgehead atoms. The van der Waals surface area contributed by atoms with Crippen molar-refractivity contribution < 1.29 is 23.9 Å². The van der Waals surface area contributed by atoms with E-state index >= 15 is 0 Å². The van der Waals surface area contributed by atoms with Crippen LogP contribution in [-0.4, -0.2) is 109 Å². The molecule has 0 atom stereocenters. The molecule has 43 heteroatoms. The van der Waals surface area contributed by atoms with E-state index in [-0.39, 0.29) is 47.7 Å². The molecule has 686 valence electrons. The van der Waals surface area contributed by atoms with Crippen LogP contribution in [0.1, 0.15) is 148 Å². The first kappa shape index (κ1) is 114. The number of halogens is 6. The minimum Gasteiger partial charge on any atom is -0.444 e. The van der Waals surface area contributed by atoms with Gasteiger partial charge in [0.2, 0.25) is 0 Å². The lowest BCUT2D eigenvalue weighted by Gasteiger charge is -2.31. The second-order valence-electron chi connectivity index (χ2n) is 29.8. The van der Waals surface area contributed by atoms with Crippen LogP contribution in [0.15, 0.2) is 165 Å². The fourth-order valence-corrected chi connectivity index (χ4v) is 16.3. The Morgan fingerprint density at radius 3 is 1.26 bits per heavy atom. The van der Waals surface area contributed by atoms with Gasteiger partial charge in [0.1, 0.15) is 40.8 Å². The van der Waals surface area contributed by atoms with Crippen molar-refractivity contribution in [1.29, 1.82) is 0 Å². The molecule has 23 nitrogen and oxygen atoms in total. The van der Waals surface area contributed by atoms with Gasteiger partial charge in [0, 0.05) is 245 Å². The fourth-order valence-electron chi connectivity index (χ4n) is 12.6. The summed E-state index contributed by atoms with van der Waals surface area (Å²) in [5.41, 5.74) is 11.9. The molecule has 0 radical (unpaired) electrons. The Balaban J connectivity index is 0.000000324. The summed E-state index contributed by atoms with van der Waals surface area (Å²) in [7, 11) is 7.21. The summed E-state index contributed by atoms with van der Waals surface area (Å²) in [6.45, 7) is 38.7. The van der Waals surface area contributed by atoms with Crippen LogP contribution in [0.2, 0.25) is 20.1 Å². The zero-order chi connectivity index (χ0) is 94.8. The molecule has 2 N–H and O–H groups in total. The third-order valence-corrected chi connectivity index (χ3v) is 26.8. The lowest BCUT2D eigenvalue weighted by molar-refractivity contribution is 0.0211. The van der Waals surface area contributed by atoms with Gasteiger partial charge >= 0.3 is 12.2 Å². The normalized spacial score (nSPS) is 12.2. The lowest BCUT2D eigenvalue weighted by atomic mass is 10.1. The van der Waals surface area contributed by atoms with Crippen LogP contribution in [0.4, 0.5) is 21.0 Å². The highest BCUT2D eigenvalue weighted by Crippen LogP contribution is 2.25. The monoisotopic (exact) mass is 2170 g/mol. The first-order valence-electron chi connectivity index (χ1n) is 38.6. The number of aromatic amines is 1. The van der Waals surface area contributed by atoms with Gasteiger partial charge in [0.15, 0.2) is 11.4 Å². The van der Waals surface area contributed by atoms with E-state index in [0.717, 1.165) is 119 Å². The minimum atomic E-state index is -0.572. The molecule has 0 fully saturated rings. The van der Waals surface area contributed by atoms with Crippen LogP contribution < -0.4 is 27.6 Å². The van der Waals surface area contributed by atoms with Gasteiger partial charge in [-0.1, -0.05) is 153 Å². The van der Waals surface area contributed by atoms with Gasteiger partial charge in [-0.25, -0.2) is 39.2 Å². The summed E-state index contributed by atoms with van der Waals surface area (Å²) in [4.78, 5) is 118. The second-order valence-corrected chi connectivity index (χ2v) is 42.8. The van der Waals surface area contributed by atoms with E-state index in [0.29, 0.717) is 120 Å². The molecule has 0 aliphatic carbocycles. The van der Waals surface area contributed by atoms with E-state index in [2.05, 4.69) is 145 Å². The number of nitrogens with one attached hydrogen (secondary N) is 2. The molecule has 0 spiro atoms. The van der Waals surface area contributed by atoms with Gasteiger partial charge in [-0.3, -0.25) is 42.6 Å². The Morgan fingerprint density at radius 2 is 0.868 bits per heavy atom. The van der Waals surface area contributed by atoms with Crippen LogP contribution >= 0.6 is 74.7 Å². The van der Waals surface area contributed by atoms with Gasteiger partial charge in [-0.15, -0.1) is 12.4 Å². The van der Waals surface area contributed by atoms with Crippen LogP contribution in [0.25, 0.3) is 9.69 Å². The standard InChI is InChI=1S/C23H21ClN4O.C20H24ClN3O3.C15H16ClN3O.C13H19N3O3.C8H5NO.C7H6BrCl.ClH.S5.S4.S3.S2/c1-16-26-22-10-11-27(13-18-4-3-5-20(12-18)25-2)15-21(22)23(29)28(16)14-17-6-8-19(24)9-7-17;1-13-22-17-9-10-23(19(26)27-20(2,3)4)12-16(17)18(25)24(13)11-14-5-7-15(21)8-6-14;1-10-18-14-6-7-17-8-13(14)15(20)19(10)9-11-2-4-12(16)5-3-11;1-8-14-10-5-6-16(7-9(10)11(17)15-8)12(18)19-13(2,3)4;1-9-8-4-2-3-7(5-8)6-10;8-5-6-1-3-7(9)4-2-6;;1-3-5-4-2;1-3-4-2;1-3-2;1-2/h3-9,12H,10-11,13-15H2,1H3;5-8H,9-12H2,1-4H3;2-5,17H,6-9H2,1H3;5-7H2,1-4H3,(H,14,15,17);2-6H;1-4H,5H2;1H;;;;. The summed E-state index contributed by atoms with van der Waals surface area (Å²) in [6.07, 6.45) is 2.65. The Labute approximate surface area is 842 Å². The van der Waals surface area contributed by atoms with Crippen LogP contribution in [-0.2, 0) is 236 Å². The first-order chi connectivity index (χ1) is 61.0.